The third kappa shape index (κ3) is 3.83. The standard InChI is InChI=1S/C13H8BF6NO2/c15-12(16,17)8-3-1-2-7(4-8)11-5-10(14(22)23)9(6-21-11)13(18,19)20/h1-6,22-23H. The van der Waals surface area contributed by atoms with E-state index in [9.17, 15) is 26.3 Å². The first-order valence-corrected chi connectivity index (χ1v) is 6.11. The predicted octanol–water partition coefficient (Wildman–Crippen LogP) is 2.47. The van der Waals surface area contributed by atoms with Crippen molar-refractivity contribution < 1.29 is 36.4 Å². The van der Waals surface area contributed by atoms with Crippen molar-refractivity contribution in [1.82, 2.24) is 4.98 Å². The van der Waals surface area contributed by atoms with Crippen LogP contribution in [-0.4, -0.2) is 22.2 Å². The van der Waals surface area contributed by atoms with Crippen LogP contribution >= 0.6 is 0 Å². The van der Waals surface area contributed by atoms with Crippen LogP contribution < -0.4 is 5.46 Å². The summed E-state index contributed by atoms with van der Waals surface area (Å²) >= 11 is 0. The van der Waals surface area contributed by atoms with E-state index < -0.39 is 36.1 Å². The lowest BCUT2D eigenvalue weighted by atomic mass is 9.77. The van der Waals surface area contributed by atoms with Gasteiger partial charge in [-0.1, -0.05) is 12.1 Å². The Bertz CT molecular complexity index is 714. The van der Waals surface area contributed by atoms with E-state index in [1.165, 1.54) is 6.07 Å². The van der Waals surface area contributed by atoms with Gasteiger partial charge < -0.3 is 10.0 Å². The molecule has 10 heteroatoms. The molecule has 23 heavy (non-hydrogen) atoms. The van der Waals surface area contributed by atoms with Gasteiger partial charge in [-0.25, -0.2) is 0 Å². The fourth-order valence-electron chi connectivity index (χ4n) is 1.93. The molecule has 0 spiro atoms. The molecule has 1 aromatic carbocycles. The minimum Gasteiger partial charge on any atom is -0.423 e. The van der Waals surface area contributed by atoms with Gasteiger partial charge in [0.1, 0.15) is 0 Å². The minimum atomic E-state index is -4.88. The summed E-state index contributed by atoms with van der Waals surface area (Å²) in [5.74, 6) is 0. The van der Waals surface area contributed by atoms with E-state index in [4.69, 9.17) is 10.0 Å². The zero-order valence-corrected chi connectivity index (χ0v) is 11.2. The van der Waals surface area contributed by atoms with Gasteiger partial charge in [0.05, 0.1) is 16.8 Å². The second-order valence-corrected chi connectivity index (χ2v) is 4.61. The van der Waals surface area contributed by atoms with E-state index in [1.807, 2.05) is 0 Å². The highest BCUT2D eigenvalue weighted by Gasteiger charge is 2.37. The molecular formula is C13H8BF6NO2. The second kappa shape index (κ2) is 5.86. The number of rotatable bonds is 2. The monoisotopic (exact) mass is 335 g/mol. The molecule has 0 aliphatic heterocycles. The largest absolute Gasteiger partial charge is 0.489 e. The zero-order chi connectivity index (χ0) is 17.4. The number of benzene rings is 1. The van der Waals surface area contributed by atoms with Gasteiger partial charge in [-0.05, 0) is 23.7 Å². The number of pyridine rings is 1. The van der Waals surface area contributed by atoms with Crippen LogP contribution in [0.1, 0.15) is 11.1 Å². The van der Waals surface area contributed by atoms with E-state index in [0.717, 1.165) is 12.1 Å². The van der Waals surface area contributed by atoms with Gasteiger partial charge in [0.15, 0.2) is 0 Å². The lowest BCUT2D eigenvalue weighted by molar-refractivity contribution is -0.138. The Balaban J connectivity index is 2.56. The SMILES string of the molecule is OB(O)c1cc(-c2cccc(C(F)(F)F)c2)ncc1C(F)(F)F. The third-order valence-corrected chi connectivity index (χ3v) is 3.01. The minimum absolute atomic E-state index is 0.101. The average Bonchev–Trinajstić information content (AvgIpc) is 2.45. The molecule has 0 aliphatic carbocycles. The molecule has 0 unspecified atom stereocenters. The van der Waals surface area contributed by atoms with Crippen LogP contribution in [-0.2, 0) is 12.4 Å². The van der Waals surface area contributed by atoms with Crippen LogP contribution in [0.15, 0.2) is 36.5 Å². The Hall–Kier alpha value is -2.07. The predicted molar refractivity (Wildman–Crippen MR) is 69.5 cm³/mol. The number of halogens is 6. The number of nitrogens with zero attached hydrogens (tertiary/aromatic N) is 1. The summed E-state index contributed by atoms with van der Waals surface area (Å²) < 4.78 is 76.2. The summed E-state index contributed by atoms with van der Waals surface area (Å²) in [6.07, 6.45) is -9.15. The van der Waals surface area contributed by atoms with E-state index in [-0.39, 0.29) is 11.3 Å². The molecule has 0 saturated carbocycles. The normalized spacial score (nSPS) is 12.3. The molecule has 0 aliphatic rings. The molecule has 1 aromatic heterocycles. The molecule has 2 N–H and O–H groups in total. The van der Waals surface area contributed by atoms with E-state index >= 15 is 0 Å². The summed E-state index contributed by atoms with van der Waals surface area (Å²) in [5, 5.41) is 18.1. The molecule has 0 saturated heterocycles. The smallest absolute Gasteiger partial charge is 0.423 e. The first kappa shape index (κ1) is 17.3. The van der Waals surface area contributed by atoms with E-state index in [0.29, 0.717) is 18.3 Å². The van der Waals surface area contributed by atoms with Crippen molar-refractivity contribution in [1.29, 1.82) is 0 Å². The van der Waals surface area contributed by atoms with Crippen molar-refractivity contribution in [2.45, 2.75) is 12.4 Å². The number of hydrogen-bond acceptors (Lipinski definition) is 3. The van der Waals surface area contributed by atoms with Crippen molar-refractivity contribution in [2.75, 3.05) is 0 Å². The first-order chi connectivity index (χ1) is 10.5. The van der Waals surface area contributed by atoms with Crippen LogP contribution in [0.25, 0.3) is 11.3 Å². The fourth-order valence-corrected chi connectivity index (χ4v) is 1.93. The maximum Gasteiger partial charge on any atom is 0.489 e. The molecule has 0 fully saturated rings. The van der Waals surface area contributed by atoms with E-state index in [1.54, 1.807) is 0 Å². The van der Waals surface area contributed by atoms with Crippen LogP contribution in [0, 0.1) is 0 Å². The lowest BCUT2D eigenvalue weighted by Gasteiger charge is -2.14. The van der Waals surface area contributed by atoms with Gasteiger partial charge in [-0.15, -0.1) is 0 Å². The molecule has 2 aromatic rings. The maximum absolute atomic E-state index is 12.8. The van der Waals surface area contributed by atoms with Crippen molar-refractivity contribution in [3.8, 4) is 11.3 Å². The maximum atomic E-state index is 12.8. The molecule has 0 bridgehead atoms. The van der Waals surface area contributed by atoms with Gasteiger partial charge in [0.2, 0.25) is 0 Å². The summed E-state index contributed by atoms with van der Waals surface area (Å²) in [6, 6.07) is 4.51. The highest BCUT2D eigenvalue weighted by molar-refractivity contribution is 6.59. The Morgan fingerprint density at radius 1 is 0.913 bits per heavy atom. The van der Waals surface area contributed by atoms with Crippen LogP contribution in [0.2, 0.25) is 0 Å². The van der Waals surface area contributed by atoms with Crippen molar-refractivity contribution in [3.63, 3.8) is 0 Å². The summed E-state index contributed by atoms with van der Waals surface area (Å²) in [4.78, 5) is 3.47. The highest BCUT2D eigenvalue weighted by Crippen LogP contribution is 2.32. The Labute approximate surface area is 126 Å². The zero-order valence-electron chi connectivity index (χ0n) is 11.2. The summed E-state index contributed by atoms with van der Waals surface area (Å²) in [6.45, 7) is 0. The van der Waals surface area contributed by atoms with Gasteiger partial charge in [0, 0.05) is 11.8 Å². The molecule has 122 valence electrons. The van der Waals surface area contributed by atoms with Crippen molar-refractivity contribution >= 4 is 12.6 Å². The number of hydrogen-bond donors (Lipinski definition) is 2. The number of aromatic nitrogens is 1. The van der Waals surface area contributed by atoms with Gasteiger partial charge in [0.25, 0.3) is 0 Å². The van der Waals surface area contributed by atoms with Crippen molar-refractivity contribution in [3.05, 3.63) is 47.7 Å². The van der Waals surface area contributed by atoms with Crippen molar-refractivity contribution in [2.24, 2.45) is 0 Å². The Kier molecular flexibility index (Phi) is 4.40. The Morgan fingerprint density at radius 3 is 2.09 bits per heavy atom. The molecule has 0 amide bonds. The lowest BCUT2D eigenvalue weighted by Crippen LogP contribution is -2.36. The van der Waals surface area contributed by atoms with Gasteiger partial charge >= 0.3 is 19.5 Å². The molecule has 2 rings (SSSR count). The average molecular weight is 335 g/mol. The molecule has 0 radical (unpaired) electrons. The number of alkyl halides is 6. The molecule has 0 atom stereocenters. The topological polar surface area (TPSA) is 53.4 Å². The quantitative estimate of drug-likeness (QED) is 0.655. The van der Waals surface area contributed by atoms with E-state index in [2.05, 4.69) is 4.98 Å². The van der Waals surface area contributed by atoms with Crippen LogP contribution in [0.4, 0.5) is 26.3 Å². The van der Waals surface area contributed by atoms with Gasteiger partial charge in [-0.3, -0.25) is 4.98 Å². The van der Waals surface area contributed by atoms with Gasteiger partial charge in [-0.2, -0.15) is 26.3 Å². The van der Waals surface area contributed by atoms with Crippen LogP contribution in [0.3, 0.4) is 0 Å². The highest BCUT2D eigenvalue weighted by atomic mass is 19.4. The molecule has 1 heterocycles. The van der Waals surface area contributed by atoms with Crippen LogP contribution in [0.5, 0.6) is 0 Å². The second-order valence-electron chi connectivity index (χ2n) is 4.61. The Morgan fingerprint density at radius 2 is 1.57 bits per heavy atom. The first-order valence-electron chi connectivity index (χ1n) is 6.11. The molecular weight excluding hydrogens is 327 g/mol. The third-order valence-electron chi connectivity index (χ3n) is 3.01. The summed E-state index contributed by atoms with van der Waals surface area (Å²) in [5.41, 5.74) is -3.60. The summed E-state index contributed by atoms with van der Waals surface area (Å²) in [7, 11) is -2.45. The molecule has 3 nitrogen and oxygen atoms in total. The fraction of sp³-hybridized carbons (Fsp3) is 0.154.